The zero-order valence-electron chi connectivity index (χ0n) is 7.92. The van der Waals surface area contributed by atoms with Crippen molar-refractivity contribution >= 4 is 11.8 Å². The molecule has 0 saturated heterocycles. The van der Waals surface area contributed by atoms with Crippen LogP contribution in [0.2, 0.25) is 0 Å². The number of carboxylic acid groups (broad SMARTS) is 1. The van der Waals surface area contributed by atoms with E-state index >= 15 is 0 Å². The van der Waals surface area contributed by atoms with Crippen LogP contribution < -0.4 is 5.32 Å². The third-order valence-electron chi connectivity index (χ3n) is 2.13. The molecule has 0 aliphatic carbocycles. The first-order valence-electron chi connectivity index (χ1n) is 4.73. The summed E-state index contributed by atoms with van der Waals surface area (Å²) in [6, 6.07) is -0.531. The van der Waals surface area contributed by atoms with Crippen LogP contribution in [0.1, 0.15) is 32.6 Å². The first-order chi connectivity index (χ1) is 6.20. The Balaban J connectivity index is 2.42. The van der Waals surface area contributed by atoms with Gasteiger partial charge in [0.1, 0.15) is 6.04 Å². The van der Waals surface area contributed by atoms with Gasteiger partial charge in [0, 0.05) is 13.0 Å². The summed E-state index contributed by atoms with van der Waals surface area (Å²) >= 11 is 0. The zero-order valence-corrected chi connectivity index (χ0v) is 7.92. The van der Waals surface area contributed by atoms with Gasteiger partial charge in [-0.15, -0.1) is 0 Å². The highest BCUT2D eigenvalue weighted by Crippen LogP contribution is 2.06. The minimum Gasteiger partial charge on any atom is -0.480 e. The average Bonchev–Trinajstić information content (AvgIpc) is 2.32. The molecule has 4 heteroatoms. The normalized spacial score (nSPS) is 19.9. The molecule has 74 valence electrons. The maximum Gasteiger partial charge on any atom is 0.325 e. The fourth-order valence-electron chi connectivity index (χ4n) is 1.30. The summed E-state index contributed by atoms with van der Waals surface area (Å²) in [5.74, 6) is 0.0272. The van der Waals surface area contributed by atoms with E-state index in [1.807, 2.05) is 0 Å². The number of carbonyl (C=O) groups is 1. The molecule has 0 amide bonds. The molecule has 0 saturated carbocycles. The van der Waals surface area contributed by atoms with Gasteiger partial charge < -0.3 is 10.4 Å². The summed E-state index contributed by atoms with van der Waals surface area (Å²) in [6.07, 6.45) is 4.30. The predicted octanol–water partition coefficient (Wildman–Crippen LogP) is 1.02. The van der Waals surface area contributed by atoms with E-state index < -0.39 is 12.0 Å². The van der Waals surface area contributed by atoms with Gasteiger partial charge in [-0.25, -0.2) is 0 Å². The number of aliphatic carboxylic acids is 1. The molecule has 13 heavy (non-hydrogen) atoms. The number of carboxylic acids is 1. The molecule has 0 aromatic rings. The van der Waals surface area contributed by atoms with Gasteiger partial charge in [-0.05, 0) is 19.8 Å². The van der Waals surface area contributed by atoms with E-state index in [1.54, 1.807) is 6.92 Å². The first kappa shape index (κ1) is 10.0. The van der Waals surface area contributed by atoms with Crippen LogP contribution in [0, 0.1) is 0 Å². The molecule has 0 radical (unpaired) electrons. The maximum absolute atomic E-state index is 10.5. The van der Waals surface area contributed by atoms with Gasteiger partial charge >= 0.3 is 5.97 Å². The van der Waals surface area contributed by atoms with Gasteiger partial charge in [0.2, 0.25) is 0 Å². The van der Waals surface area contributed by atoms with Gasteiger partial charge in [0.25, 0.3) is 0 Å². The number of nitrogens with one attached hydrogen (secondary N) is 1. The lowest BCUT2D eigenvalue weighted by molar-refractivity contribution is -0.138. The van der Waals surface area contributed by atoms with Crippen molar-refractivity contribution in [2.75, 3.05) is 6.54 Å². The molecule has 2 N–H and O–H groups in total. The van der Waals surface area contributed by atoms with E-state index in [4.69, 9.17) is 5.11 Å². The number of aliphatic imine (C=N–C) groups is 1. The fourth-order valence-corrected chi connectivity index (χ4v) is 1.30. The van der Waals surface area contributed by atoms with Crippen molar-refractivity contribution in [2.45, 2.75) is 38.6 Å². The Morgan fingerprint density at radius 2 is 2.31 bits per heavy atom. The first-order valence-corrected chi connectivity index (χ1v) is 4.73. The Kier molecular flexibility index (Phi) is 3.73. The molecule has 0 fully saturated rings. The van der Waals surface area contributed by atoms with E-state index in [2.05, 4.69) is 10.3 Å². The predicted molar refractivity (Wildman–Crippen MR) is 51.0 cm³/mol. The minimum absolute atomic E-state index is 0.531. The summed E-state index contributed by atoms with van der Waals surface area (Å²) in [5.41, 5.74) is 0. The molecule has 1 aliphatic heterocycles. The van der Waals surface area contributed by atoms with Crippen molar-refractivity contribution in [1.29, 1.82) is 0 Å². The maximum atomic E-state index is 10.5. The Bertz CT molecular complexity index is 214. The molecule has 0 bridgehead atoms. The monoisotopic (exact) mass is 184 g/mol. The molecule has 0 spiro atoms. The van der Waals surface area contributed by atoms with Crippen molar-refractivity contribution in [3.8, 4) is 0 Å². The Labute approximate surface area is 78.1 Å². The Morgan fingerprint density at radius 3 is 3.00 bits per heavy atom. The van der Waals surface area contributed by atoms with Crippen molar-refractivity contribution in [3.05, 3.63) is 0 Å². The molecule has 1 unspecified atom stereocenters. The van der Waals surface area contributed by atoms with Crippen molar-refractivity contribution < 1.29 is 9.90 Å². The molecule has 1 heterocycles. The van der Waals surface area contributed by atoms with Crippen LogP contribution in [0.15, 0.2) is 4.99 Å². The summed E-state index contributed by atoms with van der Waals surface area (Å²) in [5, 5.41) is 11.6. The van der Waals surface area contributed by atoms with Crippen molar-refractivity contribution in [2.24, 2.45) is 4.99 Å². The molecule has 0 aromatic carbocycles. The highest BCUT2D eigenvalue weighted by atomic mass is 16.4. The number of amidine groups is 1. The molecule has 4 nitrogen and oxygen atoms in total. The smallest absolute Gasteiger partial charge is 0.325 e. The highest BCUT2D eigenvalue weighted by molar-refractivity contribution is 5.87. The van der Waals surface area contributed by atoms with Crippen LogP contribution in [-0.4, -0.2) is 29.5 Å². The SMILES string of the molecule is CC(NC1=NCCCCC1)C(=O)O. The summed E-state index contributed by atoms with van der Waals surface area (Å²) in [7, 11) is 0. The summed E-state index contributed by atoms with van der Waals surface area (Å²) in [4.78, 5) is 14.8. The van der Waals surface area contributed by atoms with E-state index in [1.165, 1.54) is 6.42 Å². The average molecular weight is 184 g/mol. The van der Waals surface area contributed by atoms with Gasteiger partial charge in [-0.3, -0.25) is 9.79 Å². The second kappa shape index (κ2) is 4.84. The second-order valence-electron chi connectivity index (χ2n) is 3.34. The van der Waals surface area contributed by atoms with Crippen LogP contribution >= 0.6 is 0 Å². The zero-order chi connectivity index (χ0) is 9.68. The van der Waals surface area contributed by atoms with Crippen LogP contribution in [0.25, 0.3) is 0 Å². The molecular weight excluding hydrogens is 168 g/mol. The lowest BCUT2D eigenvalue weighted by Gasteiger charge is -2.11. The fraction of sp³-hybridized carbons (Fsp3) is 0.778. The lowest BCUT2D eigenvalue weighted by atomic mass is 10.2. The number of hydrogen-bond acceptors (Lipinski definition) is 3. The Hall–Kier alpha value is -1.06. The second-order valence-corrected chi connectivity index (χ2v) is 3.34. The van der Waals surface area contributed by atoms with Gasteiger partial charge in [-0.2, -0.15) is 0 Å². The van der Waals surface area contributed by atoms with Gasteiger partial charge in [0.05, 0.1) is 5.84 Å². The topological polar surface area (TPSA) is 61.7 Å². The van der Waals surface area contributed by atoms with E-state index in [9.17, 15) is 4.79 Å². The Morgan fingerprint density at radius 1 is 1.54 bits per heavy atom. The molecule has 0 aromatic heterocycles. The van der Waals surface area contributed by atoms with E-state index in [-0.39, 0.29) is 0 Å². The number of nitrogens with zero attached hydrogens (tertiary/aromatic N) is 1. The van der Waals surface area contributed by atoms with Gasteiger partial charge in [0.15, 0.2) is 0 Å². The van der Waals surface area contributed by atoms with Crippen LogP contribution in [0.5, 0.6) is 0 Å². The largest absolute Gasteiger partial charge is 0.480 e. The third kappa shape index (κ3) is 3.44. The van der Waals surface area contributed by atoms with E-state index in [0.717, 1.165) is 31.6 Å². The van der Waals surface area contributed by atoms with E-state index in [0.29, 0.717) is 0 Å². The van der Waals surface area contributed by atoms with Crippen LogP contribution in [-0.2, 0) is 4.79 Å². The summed E-state index contributed by atoms with van der Waals surface area (Å²) < 4.78 is 0. The third-order valence-corrected chi connectivity index (χ3v) is 2.13. The standard InChI is InChI=1S/C9H16N2O2/c1-7(9(12)13)11-8-5-3-2-4-6-10-8/h7H,2-6H2,1H3,(H,10,11)(H,12,13). The van der Waals surface area contributed by atoms with Crippen molar-refractivity contribution in [1.82, 2.24) is 5.32 Å². The molecular formula is C9H16N2O2. The lowest BCUT2D eigenvalue weighted by Crippen LogP contribution is -2.38. The summed E-state index contributed by atoms with van der Waals surface area (Å²) in [6.45, 7) is 2.46. The van der Waals surface area contributed by atoms with Crippen LogP contribution in [0.4, 0.5) is 0 Å². The number of rotatable bonds is 2. The highest BCUT2D eigenvalue weighted by Gasteiger charge is 2.12. The van der Waals surface area contributed by atoms with Crippen LogP contribution in [0.3, 0.4) is 0 Å². The molecule has 1 rings (SSSR count). The minimum atomic E-state index is -0.827. The van der Waals surface area contributed by atoms with Gasteiger partial charge in [-0.1, -0.05) is 6.42 Å². The molecule has 1 aliphatic rings. The molecule has 1 atom stereocenters. The quantitative estimate of drug-likeness (QED) is 0.673. The number of hydrogen-bond donors (Lipinski definition) is 2. The van der Waals surface area contributed by atoms with Crippen molar-refractivity contribution in [3.63, 3.8) is 0 Å².